The van der Waals surface area contributed by atoms with Crippen LogP contribution in [0.1, 0.15) is 76.0 Å². The summed E-state index contributed by atoms with van der Waals surface area (Å²) in [6, 6.07) is 25.5. The van der Waals surface area contributed by atoms with Crippen LogP contribution in [0, 0.1) is 17.8 Å². The van der Waals surface area contributed by atoms with Crippen LogP contribution in [0.4, 0.5) is 5.69 Å². The van der Waals surface area contributed by atoms with Crippen LogP contribution in [-0.4, -0.2) is 29.0 Å². The van der Waals surface area contributed by atoms with E-state index in [0.29, 0.717) is 30.8 Å². The third-order valence-electron chi connectivity index (χ3n) is 9.10. The molecule has 6 heteroatoms. The minimum atomic E-state index is -0.473. The Hall–Kier alpha value is -4.45. The molecule has 1 heterocycles. The zero-order valence-electron chi connectivity index (χ0n) is 26.9. The first-order valence-corrected chi connectivity index (χ1v) is 15.8. The third-order valence-corrected chi connectivity index (χ3v) is 9.10. The van der Waals surface area contributed by atoms with Crippen molar-refractivity contribution in [2.75, 3.05) is 11.9 Å². The smallest absolute Gasteiger partial charge is 0.262 e. The number of nitrogens with zero attached hydrogens (tertiary/aromatic N) is 1. The molecule has 0 unspecified atom stereocenters. The van der Waals surface area contributed by atoms with Crippen LogP contribution in [0.3, 0.4) is 0 Å². The van der Waals surface area contributed by atoms with Crippen LogP contribution in [0.15, 0.2) is 101 Å². The Balaban J connectivity index is 1.39. The molecule has 3 aromatic rings. The molecule has 3 aromatic carbocycles. The summed E-state index contributed by atoms with van der Waals surface area (Å²) in [5, 5.41) is 2.87. The molecule has 0 saturated carbocycles. The molecular formula is C39H42N2O4. The number of Topliss-reactive ketones (excluding diaryl/α,β-unsaturated/α-hetero) is 2. The van der Waals surface area contributed by atoms with E-state index in [1.165, 1.54) is 0 Å². The minimum Gasteiger partial charge on any atom is -0.484 e. The quantitative estimate of drug-likeness (QED) is 0.298. The number of ketones is 2. The Morgan fingerprint density at radius 1 is 0.800 bits per heavy atom. The second-order valence-corrected chi connectivity index (χ2v) is 14.4. The van der Waals surface area contributed by atoms with Gasteiger partial charge in [0, 0.05) is 53.5 Å². The van der Waals surface area contributed by atoms with Crippen LogP contribution in [0.2, 0.25) is 0 Å². The van der Waals surface area contributed by atoms with Gasteiger partial charge in [-0.25, -0.2) is 0 Å². The zero-order valence-corrected chi connectivity index (χ0v) is 26.9. The predicted octanol–water partition coefficient (Wildman–Crippen LogP) is 7.90. The molecule has 0 fully saturated rings. The normalized spacial score (nSPS) is 19.3. The minimum absolute atomic E-state index is 0.0947. The molecule has 0 bridgehead atoms. The highest BCUT2D eigenvalue weighted by molar-refractivity contribution is 6.06. The van der Waals surface area contributed by atoms with Gasteiger partial charge in [0.25, 0.3) is 5.91 Å². The summed E-state index contributed by atoms with van der Waals surface area (Å²) in [4.78, 5) is 43.2. The number of allylic oxidation sites excluding steroid dienone is 4. The SMILES string of the molecule is Cc1ccc(NC(=O)COc2cccc(C3C4=C(CC(C)(C)CC4=O)N(Cc4ccccc4)C4=C3C(=O)CC(C)(C)C4)c2)cc1. The fraction of sp³-hybridized carbons (Fsp3) is 0.359. The third kappa shape index (κ3) is 6.51. The molecule has 232 valence electrons. The van der Waals surface area contributed by atoms with E-state index >= 15 is 0 Å². The lowest BCUT2D eigenvalue weighted by atomic mass is 9.63. The molecule has 3 aliphatic rings. The molecule has 1 aliphatic heterocycles. The van der Waals surface area contributed by atoms with Gasteiger partial charge in [-0.2, -0.15) is 0 Å². The molecule has 6 rings (SSSR count). The van der Waals surface area contributed by atoms with Gasteiger partial charge in [0.1, 0.15) is 5.75 Å². The summed E-state index contributed by atoms with van der Waals surface area (Å²) in [6.45, 7) is 11.1. The van der Waals surface area contributed by atoms with Crippen LogP contribution >= 0.6 is 0 Å². The van der Waals surface area contributed by atoms with Crippen molar-refractivity contribution in [2.45, 2.75) is 72.8 Å². The number of carbonyl (C=O) groups excluding carboxylic acids is 3. The van der Waals surface area contributed by atoms with Gasteiger partial charge in [-0.05, 0) is 66.0 Å². The van der Waals surface area contributed by atoms with Crippen molar-refractivity contribution in [3.8, 4) is 5.75 Å². The highest BCUT2D eigenvalue weighted by Crippen LogP contribution is 2.55. The standard InChI is InChI=1S/C39H42N2O4/c1-25-14-16-28(17-15-25)40-34(44)24-45-29-13-9-12-27(18-29)35-36-30(19-38(2,3)21-32(36)42)41(23-26-10-7-6-8-11-26)31-20-39(4,5)22-33(43)37(31)35/h6-18,35H,19-24H2,1-5H3,(H,40,44). The molecule has 1 N–H and O–H groups in total. The Bertz CT molecular complexity index is 1660. The van der Waals surface area contributed by atoms with Crippen molar-refractivity contribution in [3.05, 3.63) is 118 Å². The van der Waals surface area contributed by atoms with E-state index in [2.05, 4.69) is 50.0 Å². The van der Waals surface area contributed by atoms with Crippen LogP contribution in [-0.2, 0) is 20.9 Å². The highest BCUT2D eigenvalue weighted by Gasteiger charge is 2.49. The molecule has 0 saturated heterocycles. The second-order valence-electron chi connectivity index (χ2n) is 14.4. The van der Waals surface area contributed by atoms with E-state index in [-0.39, 0.29) is 34.9 Å². The van der Waals surface area contributed by atoms with E-state index in [9.17, 15) is 14.4 Å². The zero-order chi connectivity index (χ0) is 31.9. The summed E-state index contributed by atoms with van der Waals surface area (Å²) >= 11 is 0. The maximum atomic E-state index is 14.1. The molecule has 0 atom stereocenters. The van der Waals surface area contributed by atoms with E-state index in [1.807, 2.05) is 73.7 Å². The van der Waals surface area contributed by atoms with Gasteiger partial charge in [-0.15, -0.1) is 0 Å². The first kappa shape index (κ1) is 30.6. The van der Waals surface area contributed by atoms with Gasteiger partial charge in [0.15, 0.2) is 18.2 Å². The van der Waals surface area contributed by atoms with Crippen molar-refractivity contribution in [2.24, 2.45) is 10.8 Å². The Kier molecular flexibility index (Phi) is 8.02. The Morgan fingerprint density at radius 2 is 1.40 bits per heavy atom. The summed E-state index contributed by atoms with van der Waals surface area (Å²) < 4.78 is 5.96. The van der Waals surface area contributed by atoms with Crippen molar-refractivity contribution >= 4 is 23.2 Å². The lowest BCUT2D eigenvalue weighted by Crippen LogP contribution is -2.44. The molecule has 0 spiro atoms. The summed E-state index contributed by atoms with van der Waals surface area (Å²) in [5.41, 5.74) is 6.92. The average molecular weight is 603 g/mol. The number of anilines is 1. The maximum Gasteiger partial charge on any atom is 0.262 e. The molecule has 0 radical (unpaired) electrons. The molecule has 0 aromatic heterocycles. The van der Waals surface area contributed by atoms with Crippen LogP contribution in [0.5, 0.6) is 5.75 Å². The lowest BCUT2D eigenvalue weighted by molar-refractivity contribution is -0.120. The van der Waals surface area contributed by atoms with Gasteiger partial charge in [-0.1, -0.05) is 87.9 Å². The van der Waals surface area contributed by atoms with Crippen molar-refractivity contribution in [1.29, 1.82) is 0 Å². The van der Waals surface area contributed by atoms with E-state index < -0.39 is 5.92 Å². The van der Waals surface area contributed by atoms with Gasteiger partial charge in [-0.3, -0.25) is 14.4 Å². The van der Waals surface area contributed by atoms with E-state index in [1.54, 1.807) is 0 Å². The van der Waals surface area contributed by atoms with Gasteiger partial charge >= 0.3 is 0 Å². The first-order chi connectivity index (χ1) is 21.4. The van der Waals surface area contributed by atoms with Crippen molar-refractivity contribution in [3.63, 3.8) is 0 Å². The maximum absolute atomic E-state index is 14.1. The Labute approximate surface area is 266 Å². The lowest BCUT2D eigenvalue weighted by Gasteiger charge is -2.49. The largest absolute Gasteiger partial charge is 0.484 e. The molecular weight excluding hydrogens is 560 g/mol. The van der Waals surface area contributed by atoms with Crippen LogP contribution in [0.25, 0.3) is 0 Å². The first-order valence-electron chi connectivity index (χ1n) is 15.8. The average Bonchev–Trinajstić information content (AvgIpc) is 2.97. The number of benzene rings is 3. The van der Waals surface area contributed by atoms with Gasteiger partial charge in [0.2, 0.25) is 0 Å². The summed E-state index contributed by atoms with van der Waals surface area (Å²) in [6.07, 6.45) is 2.36. The van der Waals surface area contributed by atoms with Gasteiger partial charge in [0.05, 0.1) is 0 Å². The number of nitrogens with one attached hydrogen (secondary N) is 1. The number of hydrogen-bond acceptors (Lipinski definition) is 5. The number of carbonyl (C=O) groups is 3. The number of aryl methyl sites for hydroxylation is 1. The summed E-state index contributed by atoms with van der Waals surface area (Å²) in [7, 11) is 0. The van der Waals surface area contributed by atoms with E-state index in [0.717, 1.165) is 52.1 Å². The second kappa shape index (κ2) is 11.8. The molecule has 45 heavy (non-hydrogen) atoms. The number of hydrogen-bond donors (Lipinski definition) is 1. The van der Waals surface area contributed by atoms with E-state index in [4.69, 9.17) is 4.74 Å². The van der Waals surface area contributed by atoms with Crippen molar-refractivity contribution in [1.82, 2.24) is 4.90 Å². The number of amides is 1. The molecule has 1 amide bonds. The predicted molar refractivity (Wildman–Crippen MR) is 177 cm³/mol. The monoisotopic (exact) mass is 602 g/mol. The van der Waals surface area contributed by atoms with Crippen molar-refractivity contribution < 1.29 is 19.1 Å². The summed E-state index contributed by atoms with van der Waals surface area (Å²) in [5.74, 6) is -0.0219. The molecule has 6 nitrogen and oxygen atoms in total. The van der Waals surface area contributed by atoms with Gasteiger partial charge < -0.3 is 15.0 Å². The topological polar surface area (TPSA) is 75.7 Å². The molecule has 2 aliphatic carbocycles. The fourth-order valence-corrected chi connectivity index (χ4v) is 7.10. The highest BCUT2D eigenvalue weighted by atomic mass is 16.5. The fourth-order valence-electron chi connectivity index (χ4n) is 7.10. The van der Waals surface area contributed by atoms with Crippen LogP contribution < -0.4 is 10.1 Å². The Morgan fingerprint density at radius 3 is 2.00 bits per heavy atom. The number of ether oxygens (including phenoxy) is 1. The number of rotatable bonds is 7.